The van der Waals surface area contributed by atoms with E-state index in [0.717, 1.165) is 18.5 Å². The van der Waals surface area contributed by atoms with Crippen LogP contribution in [-0.4, -0.2) is 0 Å². The van der Waals surface area contributed by atoms with Crippen molar-refractivity contribution in [3.05, 3.63) is 54.1 Å². The summed E-state index contributed by atoms with van der Waals surface area (Å²) in [7, 11) is 0. The molecule has 1 heteroatoms. The summed E-state index contributed by atoms with van der Waals surface area (Å²) in [6, 6.07) is 16.7. The minimum Gasteiger partial charge on any atom is -0.398 e. The molecular weight excluding hydrogens is 194 g/mol. The predicted octanol–water partition coefficient (Wildman–Crippen LogP) is 3.89. The molecule has 0 aliphatic carbocycles. The number of hydrogen-bond acceptors (Lipinski definition) is 1. The molecule has 82 valence electrons. The van der Waals surface area contributed by atoms with Crippen LogP contribution in [0.4, 0.5) is 5.69 Å². The number of hydrogen-bond donors (Lipinski definition) is 1. The first-order valence-corrected chi connectivity index (χ1v) is 5.75. The predicted molar refractivity (Wildman–Crippen MR) is 70.3 cm³/mol. The van der Waals surface area contributed by atoms with Crippen molar-refractivity contribution in [2.24, 2.45) is 0 Å². The Balaban J connectivity index is 2.35. The summed E-state index contributed by atoms with van der Waals surface area (Å²) in [4.78, 5) is 0. The van der Waals surface area contributed by atoms with E-state index in [2.05, 4.69) is 37.3 Å². The van der Waals surface area contributed by atoms with Crippen LogP contribution in [0.3, 0.4) is 0 Å². The van der Waals surface area contributed by atoms with Gasteiger partial charge < -0.3 is 5.73 Å². The van der Waals surface area contributed by atoms with Crippen molar-refractivity contribution >= 4 is 5.69 Å². The number of benzene rings is 2. The van der Waals surface area contributed by atoms with E-state index in [1.807, 2.05) is 18.2 Å². The average molecular weight is 211 g/mol. The Morgan fingerprint density at radius 1 is 0.938 bits per heavy atom. The molecule has 1 nitrogen and oxygen atoms in total. The van der Waals surface area contributed by atoms with Gasteiger partial charge in [-0.1, -0.05) is 55.8 Å². The molecule has 0 amide bonds. The van der Waals surface area contributed by atoms with E-state index in [9.17, 15) is 0 Å². The second-order valence-electron chi connectivity index (χ2n) is 4.03. The van der Waals surface area contributed by atoms with Crippen LogP contribution >= 0.6 is 0 Å². The zero-order chi connectivity index (χ0) is 11.4. The van der Waals surface area contributed by atoms with E-state index in [0.29, 0.717) is 0 Å². The van der Waals surface area contributed by atoms with Crippen molar-refractivity contribution in [1.82, 2.24) is 0 Å². The fourth-order valence-electron chi connectivity index (χ4n) is 1.90. The van der Waals surface area contributed by atoms with Gasteiger partial charge in [-0.3, -0.25) is 0 Å². The van der Waals surface area contributed by atoms with Gasteiger partial charge >= 0.3 is 0 Å². The number of aryl methyl sites for hydroxylation is 1. The zero-order valence-electron chi connectivity index (χ0n) is 9.61. The fraction of sp³-hybridized carbons (Fsp3) is 0.200. The number of nitrogens with two attached hydrogens (primary N) is 1. The van der Waals surface area contributed by atoms with E-state index in [1.165, 1.54) is 16.7 Å². The molecule has 0 spiro atoms. The van der Waals surface area contributed by atoms with Crippen molar-refractivity contribution in [1.29, 1.82) is 0 Å². The summed E-state index contributed by atoms with van der Waals surface area (Å²) in [6.45, 7) is 2.17. The van der Waals surface area contributed by atoms with Crippen LogP contribution in [0, 0.1) is 0 Å². The molecule has 0 fully saturated rings. The quantitative estimate of drug-likeness (QED) is 0.766. The SMILES string of the molecule is CCCc1ccc(-c2ccccc2)cc1N. The van der Waals surface area contributed by atoms with Gasteiger partial charge in [-0.25, -0.2) is 0 Å². The Labute approximate surface area is 96.9 Å². The Hall–Kier alpha value is -1.76. The van der Waals surface area contributed by atoms with Crippen LogP contribution in [0.5, 0.6) is 0 Å². The molecule has 0 atom stereocenters. The smallest absolute Gasteiger partial charge is 0.0352 e. The zero-order valence-corrected chi connectivity index (χ0v) is 9.61. The van der Waals surface area contributed by atoms with Gasteiger partial charge in [0.1, 0.15) is 0 Å². The molecule has 0 aromatic heterocycles. The molecule has 0 unspecified atom stereocenters. The van der Waals surface area contributed by atoms with Gasteiger partial charge in [0.25, 0.3) is 0 Å². The third-order valence-corrected chi connectivity index (χ3v) is 2.77. The first-order valence-electron chi connectivity index (χ1n) is 5.75. The molecule has 0 saturated heterocycles. The maximum atomic E-state index is 6.04. The second kappa shape index (κ2) is 4.84. The highest BCUT2D eigenvalue weighted by Gasteiger charge is 2.01. The molecule has 0 radical (unpaired) electrons. The maximum absolute atomic E-state index is 6.04. The summed E-state index contributed by atoms with van der Waals surface area (Å²) >= 11 is 0. The van der Waals surface area contributed by atoms with Gasteiger partial charge in [-0.05, 0) is 29.2 Å². The second-order valence-corrected chi connectivity index (χ2v) is 4.03. The van der Waals surface area contributed by atoms with Crippen LogP contribution in [0.25, 0.3) is 11.1 Å². The van der Waals surface area contributed by atoms with E-state index in [-0.39, 0.29) is 0 Å². The van der Waals surface area contributed by atoms with E-state index in [1.54, 1.807) is 0 Å². The van der Waals surface area contributed by atoms with E-state index >= 15 is 0 Å². The van der Waals surface area contributed by atoms with Crippen LogP contribution in [0.1, 0.15) is 18.9 Å². The molecule has 2 aromatic carbocycles. The lowest BCUT2D eigenvalue weighted by molar-refractivity contribution is 0.924. The lowest BCUT2D eigenvalue weighted by Gasteiger charge is -2.07. The van der Waals surface area contributed by atoms with Crippen LogP contribution in [0.15, 0.2) is 48.5 Å². The third kappa shape index (κ3) is 2.25. The molecule has 16 heavy (non-hydrogen) atoms. The molecule has 0 saturated carbocycles. The molecule has 0 heterocycles. The Morgan fingerprint density at radius 3 is 2.31 bits per heavy atom. The van der Waals surface area contributed by atoms with Gasteiger partial charge in [0.05, 0.1) is 0 Å². The molecule has 2 N–H and O–H groups in total. The van der Waals surface area contributed by atoms with Crippen molar-refractivity contribution < 1.29 is 0 Å². The first-order chi connectivity index (χ1) is 7.81. The summed E-state index contributed by atoms with van der Waals surface area (Å²) in [5.74, 6) is 0. The highest BCUT2D eigenvalue weighted by molar-refractivity contribution is 5.68. The molecule has 2 aromatic rings. The van der Waals surface area contributed by atoms with Gasteiger partial charge in [0, 0.05) is 5.69 Å². The number of nitrogen functional groups attached to an aromatic ring is 1. The van der Waals surface area contributed by atoms with Crippen molar-refractivity contribution in [3.63, 3.8) is 0 Å². The molecular formula is C15H17N. The average Bonchev–Trinajstić information content (AvgIpc) is 2.33. The molecule has 0 bridgehead atoms. The molecule has 0 aliphatic rings. The lowest BCUT2D eigenvalue weighted by atomic mass is 10.0. The van der Waals surface area contributed by atoms with Crippen LogP contribution in [0.2, 0.25) is 0 Å². The Morgan fingerprint density at radius 2 is 1.69 bits per heavy atom. The first kappa shape index (κ1) is 10.7. The monoisotopic (exact) mass is 211 g/mol. The van der Waals surface area contributed by atoms with E-state index in [4.69, 9.17) is 5.73 Å². The summed E-state index contributed by atoms with van der Waals surface area (Å²) in [5, 5.41) is 0. The Bertz CT molecular complexity index is 460. The summed E-state index contributed by atoms with van der Waals surface area (Å²) < 4.78 is 0. The van der Waals surface area contributed by atoms with E-state index < -0.39 is 0 Å². The number of rotatable bonds is 3. The van der Waals surface area contributed by atoms with Crippen LogP contribution < -0.4 is 5.73 Å². The lowest BCUT2D eigenvalue weighted by Crippen LogP contribution is -1.94. The summed E-state index contributed by atoms with van der Waals surface area (Å²) in [5.41, 5.74) is 10.6. The summed E-state index contributed by atoms with van der Waals surface area (Å²) in [6.07, 6.45) is 2.19. The minimum absolute atomic E-state index is 0.906. The highest BCUT2D eigenvalue weighted by atomic mass is 14.6. The molecule has 0 aliphatic heterocycles. The van der Waals surface area contributed by atoms with Gasteiger partial charge in [-0.2, -0.15) is 0 Å². The van der Waals surface area contributed by atoms with Crippen molar-refractivity contribution in [2.75, 3.05) is 5.73 Å². The topological polar surface area (TPSA) is 26.0 Å². The largest absolute Gasteiger partial charge is 0.398 e. The Kier molecular flexibility index (Phi) is 3.25. The van der Waals surface area contributed by atoms with Crippen molar-refractivity contribution in [2.45, 2.75) is 19.8 Å². The molecule has 2 rings (SSSR count). The maximum Gasteiger partial charge on any atom is 0.0352 e. The minimum atomic E-state index is 0.906. The van der Waals surface area contributed by atoms with Gasteiger partial charge in [-0.15, -0.1) is 0 Å². The van der Waals surface area contributed by atoms with Crippen LogP contribution in [-0.2, 0) is 6.42 Å². The van der Waals surface area contributed by atoms with Gasteiger partial charge in [0.2, 0.25) is 0 Å². The normalized spacial score (nSPS) is 10.3. The number of anilines is 1. The fourth-order valence-corrected chi connectivity index (χ4v) is 1.90. The standard InChI is InChI=1S/C15H17N/c1-2-6-13-9-10-14(11-15(13)16)12-7-4-3-5-8-12/h3-5,7-11H,2,6,16H2,1H3. The van der Waals surface area contributed by atoms with Gasteiger partial charge in [0.15, 0.2) is 0 Å². The third-order valence-electron chi connectivity index (χ3n) is 2.77. The van der Waals surface area contributed by atoms with Crippen molar-refractivity contribution in [3.8, 4) is 11.1 Å². The highest BCUT2D eigenvalue weighted by Crippen LogP contribution is 2.24.